The molecule has 10 heavy (non-hydrogen) atoms. The maximum absolute atomic E-state index is 8.75. The van der Waals surface area contributed by atoms with Gasteiger partial charge >= 0.3 is 0 Å². The van der Waals surface area contributed by atoms with Crippen molar-refractivity contribution in [2.75, 3.05) is 13.7 Å². The first-order valence-electron chi connectivity index (χ1n) is 3.50. The van der Waals surface area contributed by atoms with E-state index in [9.17, 15) is 0 Å². The monoisotopic (exact) mass is 144 g/mol. The number of hydrogen-bond acceptors (Lipinski definition) is 2. The highest BCUT2D eigenvalue weighted by Gasteiger charge is 2.12. The zero-order valence-electron chi connectivity index (χ0n) is 6.71. The first-order chi connectivity index (χ1) is 4.76. The van der Waals surface area contributed by atoms with Crippen molar-refractivity contribution in [3.05, 3.63) is 12.7 Å². The van der Waals surface area contributed by atoms with E-state index in [0.29, 0.717) is 0 Å². The standard InChI is InChI=1S/C8H16O2/c1-4-5-8(10-3)7(2)6-9/h4,7-9H,1,5-6H2,2-3H3/t7-,8-/m0/s1. The highest BCUT2D eigenvalue weighted by Crippen LogP contribution is 2.09. The lowest BCUT2D eigenvalue weighted by molar-refractivity contribution is 0.0362. The van der Waals surface area contributed by atoms with Crippen LogP contribution in [0.1, 0.15) is 13.3 Å². The summed E-state index contributed by atoms with van der Waals surface area (Å²) in [5.74, 6) is 0.197. The summed E-state index contributed by atoms with van der Waals surface area (Å²) in [4.78, 5) is 0. The van der Waals surface area contributed by atoms with Gasteiger partial charge in [-0.3, -0.25) is 0 Å². The van der Waals surface area contributed by atoms with E-state index in [1.54, 1.807) is 13.2 Å². The van der Waals surface area contributed by atoms with Crippen molar-refractivity contribution >= 4 is 0 Å². The molecule has 0 heterocycles. The molecule has 0 fully saturated rings. The average Bonchev–Trinajstić information content (AvgIpc) is 1.99. The van der Waals surface area contributed by atoms with Crippen LogP contribution in [0, 0.1) is 5.92 Å². The first kappa shape index (κ1) is 9.66. The highest BCUT2D eigenvalue weighted by molar-refractivity contribution is 4.76. The fourth-order valence-corrected chi connectivity index (χ4v) is 0.843. The van der Waals surface area contributed by atoms with Gasteiger partial charge in [0.15, 0.2) is 0 Å². The molecule has 2 heteroatoms. The molecule has 0 spiro atoms. The summed E-state index contributed by atoms with van der Waals surface area (Å²) in [7, 11) is 1.65. The van der Waals surface area contributed by atoms with E-state index < -0.39 is 0 Å². The summed E-state index contributed by atoms with van der Waals surface area (Å²) in [6.45, 7) is 5.73. The minimum Gasteiger partial charge on any atom is -0.396 e. The normalized spacial score (nSPS) is 16.3. The number of ether oxygens (including phenoxy) is 1. The van der Waals surface area contributed by atoms with Crippen molar-refractivity contribution in [1.82, 2.24) is 0 Å². The van der Waals surface area contributed by atoms with Gasteiger partial charge in [0, 0.05) is 19.6 Å². The van der Waals surface area contributed by atoms with Crippen molar-refractivity contribution in [3.8, 4) is 0 Å². The molecule has 0 aliphatic rings. The van der Waals surface area contributed by atoms with Crippen LogP contribution in [0.15, 0.2) is 12.7 Å². The van der Waals surface area contributed by atoms with E-state index in [1.807, 2.05) is 6.92 Å². The molecular weight excluding hydrogens is 128 g/mol. The third kappa shape index (κ3) is 2.99. The zero-order chi connectivity index (χ0) is 7.98. The van der Waals surface area contributed by atoms with Crippen LogP contribution in [0.5, 0.6) is 0 Å². The number of hydrogen-bond donors (Lipinski definition) is 1. The van der Waals surface area contributed by atoms with Gasteiger partial charge in [0.25, 0.3) is 0 Å². The molecule has 0 aromatic rings. The van der Waals surface area contributed by atoms with E-state index in [0.717, 1.165) is 6.42 Å². The van der Waals surface area contributed by atoms with Gasteiger partial charge in [0.2, 0.25) is 0 Å². The van der Waals surface area contributed by atoms with E-state index >= 15 is 0 Å². The second-order valence-corrected chi connectivity index (χ2v) is 2.46. The molecule has 2 nitrogen and oxygen atoms in total. The molecule has 0 radical (unpaired) electrons. The molecule has 0 aromatic heterocycles. The molecule has 0 bridgehead atoms. The van der Waals surface area contributed by atoms with Crippen LogP contribution < -0.4 is 0 Å². The fraction of sp³-hybridized carbons (Fsp3) is 0.750. The zero-order valence-corrected chi connectivity index (χ0v) is 6.71. The highest BCUT2D eigenvalue weighted by atomic mass is 16.5. The van der Waals surface area contributed by atoms with E-state index in [1.165, 1.54) is 0 Å². The third-order valence-electron chi connectivity index (χ3n) is 1.62. The Morgan fingerprint density at radius 3 is 2.60 bits per heavy atom. The van der Waals surface area contributed by atoms with Crippen molar-refractivity contribution in [3.63, 3.8) is 0 Å². The summed E-state index contributed by atoms with van der Waals surface area (Å²) >= 11 is 0. The van der Waals surface area contributed by atoms with Crippen molar-refractivity contribution in [1.29, 1.82) is 0 Å². The number of aliphatic hydroxyl groups is 1. The number of rotatable bonds is 5. The van der Waals surface area contributed by atoms with Gasteiger partial charge in [0.05, 0.1) is 6.10 Å². The fourth-order valence-electron chi connectivity index (χ4n) is 0.843. The van der Waals surface area contributed by atoms with Crippen molar-refractivity contribution < 1.29 is 9.84 Å². The number of aliphatic hydroxyl groups excluding tert-OH is 1. The van der Waals surface area contributed by atoms with Gasteiger partial charge < -0.3 is 9.84 Å². The van der Waals surface area contributed by atoms with Crippen LogP contribution in [-0.2, 0) is 4.74 Å². The maximum atomic E-state index is 8.75. The summed E-state index contributed by atoms with van der Waals surface area (Å²) in [6.07, 6.45) is 2.72. The lowest BCUT2D eigenvalue weighted by atomic mass is 10.0. The smallest absolute Gasteiger partial charge is 0.0653 e. The lowest BCUT2D eigenvalue weighted by Crippen LogP contribution is -2.22. The Bertz CT molecular complexity index is 91.3. The van der Waals surface area contributed by atoms with Gasteiger partial charge in [0.1, 0.15) is 0 Å². The Kier molecular flexibility index (Phi) is 5.26. The van der Waals surface area contributed by atoms with Crippen LogP contribution in [-0.4, -0.2) is 24.9 Å². The minimum atomic E-state index is 0.113. The molecule has 60 valence electrons. The van der Waals surface area contributed by atoms with Crippen LogP contribution in [0.2, 0.25) is 0 Å². The second kappa shape index (κ2) is 5.45. The Morgan fingerprint density at radius 1 is 1.70 bits per heavy atom. The number of methoxy groups -OCH3 is 1. The Morgan fingerprint density at radius 2 is 2.30 bits per heavy atom. The molecule has 0 amide bonds. The largest absolute Gasteiger partial charge is 0.396 e. The average molecular weight is 144 g/mol. The van der Waals surface area contributed by atoms with Gasteiger partial charge in [-0.2, -0.15) is 0 Å². The van der Waals surface area contributed by atoms with Gasteiger partial charge in [-0.15, -0.1) is 6.58 Å². The third-order valence-corrected chi connectivity index (χ3v) is 1.62. The molecule has 0 aromatic carbocycles. The van der Waals surface area contributed by atoms with Crippen molar-refractivity contribution in [2.24, 2.45) is 5.92 Å². The van der Waals surface area contributed by atoms with Crippen LogP contribution >= 0.6 is 0 Å². The molecule has 0 aliphatic carbocycles. The minimum absolute atomic E-state index is 0.113. The van der Waals surface area contributed by atoms with Crippen LogP contribution in [0.25, 0.3) is 0 Å². The van der Waals surface area contributed by atoms with Crippen LogP contribution in [0.3, 0.4) is 0 Å². The topological polar surface area (TPSA) is 29.5 Å². The van der Waals surface area contributed by atoms with E-state index in [-0.39, 0.29) is 18.6 Å². The molecule has 2 atom stereocenters. The molecule has 0 saturated heterocycles. The first-order valence-corrected chi connectivity index (χ1v) is 3.50. The second-order valence-electron chi connectivity index (χ2n) is 2.46. The summed E-state index contributed by atoms with van der Waals surface area (Å²) in [5.41, 5.74) is 0. The predicted octanol–water partition coefficient (Wildman–Crippen LogP) is 1.21. The molecule has 1 N–H and O–H groups in total. The van der Waals surface area contributed by atoms with Gasteiger partial charge in [-0.05, 0) is 6.42 Å². The van der Waals surface area contributed by atoms with Gasteiger partial charge in [-0.25, -0.2) is 0 Å². The predicted molar refractivity (Wildman–Crippen MR) is 41.9 cm³/mol. The van der Waals surface area contributed by atoms with Crippen LogP contribution in [0.4, 0.5) is 0 Å². The lowest BCUT2D eigenvalue weighted by Gasteiger charge is -2.18. The van der Waals surface area contributed by atoms with E-state index in [2.05, 4.69) is 6.58 Å². The maximum Gasteiger partial charge on any atom is 0.0653 e. The molecular formula is C8H16O2. The molecule has 0 saturated carbocycles. The summed E-state index contributed by atoms with van der Waals surface area (Å²) < 4.78 is 5.11. The SMILES string of the molecule is C=CC[C@H](OC)[C@@H](C)CO. The molecule has 0 aliphatic heterocycles. The quantitative estimate of drug-likeness (QED) is 0.588. The van der Waals surface area contributed by atoms with Crippen molar-refractivity contribution in [2.45, 2.75) is 19.4 Å². The summed E-state index contributed by atoms with van der Waals surface area (Å²) in [6, 6.07) is 0. The Balaban J connectivity index is 3.67. The molecule has 0 unspecified atom stereocenters. The van der Waals surface area contributed by atoms with Gasteiger partial charge in [-0.1, -0.05) is 13.0 Å². The Hall–Kier alpha value is -0.340. The molecule has 0 rings (SSSR count). The van der Waals surface area contributed by atoms with E-state index in [4.69, 9.17) is 9.84 Å². The Labute approximate surface area is 62.5 Å². The summed E-state index contributed by atoms with van der Waals surface area (Å²) in [5, 5.41) is 8.75.